The van der Waals surface area contributed by atoms with Gasteiger partial charge in [0, 0.05) is 11.8 Å². The molecular weight excluding hydrogens is 230 g/mol. The third kappa shape index (κ3) is 2.10. The Morgan fingerprint density at radius 3 is 2.35 bits per heavy atom. The zero-order valence-corrected chi connectivity index (χ0v) is 8.39. The molecule has 0 radical (unpaired) electrons. The van der Waals surface area contributed by atoms with Gasteiger partial charge in [-0.2, -0.15) is 0 Å². The monoisotopic (exact) mass is 236 g/mol. The zero-order valence-electron chi connectivity index (χ0n) is 8.39. The van der Waals surface area contributed by atoms with Crippen LogP contribution in [0.5, 0.6) is 0 Å². The fourth-order valence-corrected chi connectivity index (χ4v) is 1.39. The molecule has 2 rings (SSSR count). The molecule has 0 aliphatic heterocycles. The summed E-state index contributed by atoms with van der Waals surface area (Å²) in [7, 11) is 0. The van der Waals surface area contributed by atoms with E-state index in [0.717, 1.165) is 12.1 Å². The number of aromatic nitrogens is 2. The Bertz CT molecular complexity index is 550. The standard InChI is InChI=1S/C11H6F2N2O2/c12-7-3-6(9-1-2-14-5-15-9)4-8(13)10(7)11(16)17/h1-5H,(H,16,17). The topological polar surface area (TPSA) is 63.1 Å². The van der Waals surface area contributed by atoms with E-state index in [9.17, 15) is 13.6 Å². The van der Waals surface area contributed by atoms with E-state index >= 15 is 0 Å². The molecule has 6 heteroatoms. The summed E-state index contributed by atoms with van der Waals surface area (Å²) in [4.78, 5) is 18.1. The van der Waals surface area contributed by atoms with Crippen molar-refractivity contribution in [1.29, 1.82) is 0 Å². The lowest BCUT2D eigenvalue weighted by Gasteiger charge is -2.04. The first-order chi connectivity index (χ1) is 8.09. The van der Waals surface area contributed by atoms with Crippen LogP contribution in [-0.4, -0.2) is 21.0 Å². The van der Waals surface area contributed by atoms with Crippen molar-refractivity contribution < 1.29 is 18.7 Å². The molecule has 0 bridgehead atoms. The maximum Gasteiger partial charge on any atom is 0.341 e. The lowest BCUT2D eigenvalue weighted by atomic mass is 10.1. The van der Waals surface area contributed by atoms with Crippen LogP contribution in [0.3, 0.4) is 0 Å². The van der Waals surface area contributed by atoms with Gasteiger partial charge < -0.3 is 5.11 Å². The smallest absolute Gasteiger partial charge is 0.341 e. The van der Waals surface area contributed by atoms with Crippen LogP contribution in [0.25, 0.3) is 11.3 Å². The normalized spacial score (nSPS) is 10.2. The van der Waals surface area contributed by atoms with E-state index in [2.05, 4.69) is 9.97 Å². The molecule has 0 fully saturated rings. The molecule has 86 valence electrons. The van der Waals surface area contributed by atoms with Crippen molar-refractivity contribution in [3.63, 3.8) is 0 Å². The molecule has 0 unspecified atom stereocenters. The summed E-state index contributed by atoms with van der Waals surface area (Å²) in [6.45, 7) is 0. The van der Waals surface area contributed by atoms with E-state index in [4.69, 9.17) is 5.11 Å². The minimum absolute atomic E-state index is 0.160. The van der Waals surface area contributed by atoms with Crippen LogP contribution >= 0.6 is 0 Å². The molecule has 2 aromatic rings. The predicted octanol–water partition coefficient (Wildman–Crippen LogP) is 2.12. The Morgan fingerprint density at radius 2 is 1.88 bits per heavy atom. The number of nitrogens with zero attached hydrogens (tertiary/aromatic N) is 2. The molecule has 0 saturated heterocycles. The van der Waals surface area contributed by atoms with Crippen molar-refractivity contribution in [3.05, 3.63) is 47.9 Å². The Labute approximate surface area is 94.6 Å². The number of carbonyl (C=O) groups is 1. The maximum absolute atomic E-state index is 13.4. The molecule has 0 amide bonds. The Balaban J connectivity index is 2.57. The summed E-state index contributed by atoms with van der Waals surface area (Å²) in [5.74, 6) is -3.91. The average molecular weight is 236 g/mol. The number of halogens is 2. The second-order valence-corrected chi connectivity index (χ2v) is 3.21. The second-order valence-electron chi connectivity index (χ2n) is 3.21. The van der Waals surface area contributed by atoms with Gasteiger partial charge >= 0.3 is 5.97 Å². The highest BCUT2D eigenvalue weighted by atomic mass is 19.1. The van der Waals surface area contributed by atoms with Crippen LogP contribution < -0.4 is 0 Å². The molecule has 0 saturated carbocycles. The number of hydrogen-bond acceptors (Lipinski definition) is 3. The molecular formula is C11H6F2N2O2. The second kappa shape index (κ2) is 4.25. The van der Waals surface area contributed by atoms with E-state index in [0.29, 0.717) is 5.69 Å². The van der Waals surface area contributed by atoms with Gasteiger partial charge in [-0.3, -0.25) is 0 Å². The SMILES string of the molecule is O=C(O)c1c(F)cc(-c2ccncn2)cc1F. The van der Waals surface area contributed by atoms with Crippen LogP contribution in [-0.2, 0) is 0 Å². The summed E-state index contributed by atoms with van der Waals surface area (Å²) in [5.41, 5.74) is -0.495. The predicted molar refractivity (Wildman–Crippen MR) is 54.3 cm³/mol. The highest BCUT2D eigenvalue weighted by Crippen LogP contribution is 2.22. The van der Waals surface area contributed by atoms with Crippen LogP contribution in [0.15, 0.2) is 30.7 Å². The summed E-state index contributed by atoms with van der Waals surface area (Å²) in [6.07, 6.45) is 2.65. The lowest BCUT2D eigenvalue weighted by Crippen LogP contribution is -2.05. The van der Waals surface area contributed by atoms with Crippen molar-refractivity contribution in [3.8, 4) is 11.3 Å². The zero-order chi connectivity index (χ0) is 12.4. The maximum atomic E-state index is 13.4. The summed E-state index contributed by atoms with van der Waals surface area (Å²) < 4.78 is 26.8. The van der Waals surface area contributed by atoms with Gasteiger partial charge in [0.2, 0.25) is 0 Å². The van der Waals surface area contributed by atoms with Crippen LogP contribution in [0.4, 0.5) is 8.78 Å². The third-order valence-electron chi connectivity index (χ3n) is 2.13. The number of rotatable bonds is 2. The summed E-state index contributed by atoms with van der Waals surface area (Å²) >= 11 is 0. The van der Waals surface area contributed by atoms with Crippen LogP contribution in [0, 0.1) is 11.6 Å². The van der Waals surface area contributed by atoms with Crippen molar-refractivity contribution >= 4 is 5.97 Å². The van der Waals surface area contributed by atoms with Crippen molar-refractivity contribution in [2.75, 3.05) is 0 Å². The number of carboxylic acids is 1. The summed E-state index contributed by atoms with van der Waals surface area (Å²) in [6, 6.07) is 3.32. The molecule has 0 spiro atoms. The van der Waals surface area contributed by atoms with Gasteiger partial charge in [-0.05, 0) is 18.2 Å². The Kier molecular flexibility index (Phi) is 2.78. The molecule has 17 heavy (non-hydrogen) atoms. The fraction of sp³-hybridized carbons (Fsp3) is 0. The highest BCUT2D eigenvalue weighted by molar-refractivity contribution is 5.89. The first kappa shape index (κ1) is 11.1. The molecule has 1 aromatic heterocycles. The minimum atomic E-state index is -1.64. The van der Waals surface area contributed by atoms with Crippen molar-refractivity contribution in [2.45, 2.75) is 0 Å². The fourth-order valence-electron chi connectivity index (χ4n) is 1.39. The van der Waals surface area contributed by atoms with Crippen LogP contribution in [0.1, 0.15) is 10.4 Å². The van der Waals surface area contributed by atoms with Gasteiger partial charge in [0.1, 0.15) is 23.5 Å². The van der Waals surface area contributed by atoms with Gasteiger partial charge in [-0.25, -0.2) is 23.5 Å². The molecule has 0 aliphatic rings. The first-order valence-electron chi connectivity index (χ1n) is 4.58. The van der Waals surface area contributed by atoms with Gasteiger partial charge in [0.15, 0.2) is 0 Å². The van der Waals surface area contributed by atoms with E-state index < -0.39 is 23.2 Å². The van der Waals surface area contributed by atoms with Gasteiger partial charge in [0.05, 0.1) is 5.69 Å². The largest absolute Gasteiger partial charge is 0.477 e. The summed E-state index contributed by atoms with van der Waals surface area (Å²) in [5, 5.41) is 8.60. The minimum Gasteiger partial charge on any atom is -0.477 e. The first-order valence-corrected chi connectivity index (χ1v) is 4.58. The average Bonchev–Trinajstić information content (AvgIpc) is 2.28. The number of hydrogen-bond donors (Lipinski definition) is 1. The highest BCUT2D eigenvalue weighted by Gasteiger charge is 2.18. The Hall–Kier alpha value is -2.37. The van der Waals surface area contributed by atoms with E-state index in [1.54, 1.807) is 0 Å². The molecule has 0 atom stereocenters. The van der Waals surface area contributed by atoms with Crippen molar-refractivity contribution in [1.82, 2.24) is 9.97 Å². The van der Waals surface area contributed by atoms with E-state index in [1.165, 1.54) is 18.6 Å². The molecule has 1 heterocycles. The van der Waals surface area contributed by atoms with Gasteiger partial charge in [-0.15, -0.1) is 0 Å². The molecule has 1 N–H and O–H groups in total. The quantitative estimate of drug-likeness (QED) is 0.867. The van der Waals surface area contributed by atoms with E-state index in [1.807, 2.05) is 0 Å². The molecule has 1 aromatic carbocycles. The van der Waals surface area contributed by atoms with Crippen LogP contribution in [0.2, 0.25) is 0 Å². The Morgan fingerprint density at radius 1 is 1.24 bits per heavy atom. The van der Waals surface area contributed by atoms with Gasteiger partial charge in [-0.1, -0.05) is 0 Å². The molecule has 4 nitrogen and oxygen atoms in total. The lowest BCUT2D eigenvalue weighted by molar-refractivity contribution is 0.0686. The van der Waals surface area contributed by atoms with Gasteiger partial charge in [0.25, 0.3) is 0 Å². The third-order valence-corrected chi connectivity index (χ3v) is 2.13. The molecule has 0 aliphatic carbocycles. The number of carboxylic acid groups (broad SMARTS) is 1. The van der Waals surface area contributed by atoms with Crippen molar-refractivity contribution in [2.24, 2.45) is 0 Å². The van der Waals surface area contributed by atoms with E-state index in [-0.39, 0.29) is 5.56 Å². The number of benzene rings is 1. The number of aromatic carboxylic acids is 1.